The van der Waals surface area contributed by atoms with Crippen LogP contribution in [0.1, 0.15) is 53.0 Å². The Labute approximate surface area is 174 Å². The van der Waals surface area contributed by atoms with Crippen molar-refractivity contribution >= 4 is 11.8 Å². The van der Waals surface area contributed by atoms with Gasteiger partial charge in [0.1, 0.15) is 5.75 Å². The number of hydrogen-bond acceptors (Lipinski definition) is 4. The van der Waals surface area contributed by atoms with Gasteiger partial charge in [-0.05, 0) is 38.7 Å². The van der Waals surface area contributed by atoms with Gasteiger partial charge in [-0.15, -0.1) is 0 Å². The third-order valence-electron chi connectivity index (χ3n) is 5.68. The molecular weight excluding hydrogens is 366 g/mol. The van der Waals surface area contributed by atoms with Crippen LogP contribution in [0.5, 0.6) is 5.75 Å². The molecule has 0 aromatic heterocycles. The van der Waals surface area contributed by atoms with E-state index in [1.54, 1.807) is 6.92 Å². The average Bonchev–Trinajstić information content (AvgIpc) is 3.01. The van der Waals surface area contributed by atoms with Gasteiger partial charge in [0.05, 0.1) is 12.1 Å². The number of amides is 2. The number of nitrogens with one attached hydrogen (secondary N) is 1. The molecule has 160 valence electrons. The number of piperazine rings is 1. The Morgan fingerprint density at radius 3 is 2.59 bits per heavy atom. The van der Waals surface area contributed by atoms with Crippen molar-refractivity contribution in [2.24, 2.45) is 5.92 Å². The van der Waals surface area contributed by atoms with Crippen molar-refractivity contribution in [2.75, 3.05) is 13.1 Å². The molecule has 29 heavy (non-hydrogen) atoms. The van der Waals surface area contributed by atoms with Crippen LogP contribution in [0.2, 0.25) is 0 Å². The number of nitrogens with zero attached hydrogens (tertiary/aromatic N) is 2. The summed E-state index contributed by atoms with van der Waals surface area (Å²) in [5.41, 5.74) is 1.12. The molecule has 0 saturated carbocycles. The highest BCUT2D eigenvalue weighted by molar-refractivity contribution is 5.83. The smallest absolute Gasteiger partial charge is 0.240 e. The van der Waals surface area contributed by atoms with Gasteiger partial charge in [-0.1, -0.05) is 32.0 Å². The summed E-state index contributed by atoms with van der Waals surface area (Å²) in [7, 11) is 0. The molecule has 0 bridgehead atoms. The standard InChI is InChI=1S/C23H35N3O3/c1-15(2)10-21-23(28)26-13-19(24-17(5)27)11-20(26)14-25(21)12-18-8-6-7-9-22(18)29-16(3)4/h6-9,15-16,19-21H,10-14H2,1-5H3,(H,24,27)/t19-,20-,21-/m0/s1. The van der Waals surface area contributed by atoms with Crippen LogP contribution in [0.3, 0.4) is 0 Å². The van der Waals surface area contributed by atoms with Gasteiger partial charge in [0.15, 0.2) is 0 Å². The Kier molecular flexibility index (Phi) is 6.83. The Balaban J connectivity index is 1.81. The van der Waals surface area contributed by atoms with Crippen LogP contribution in [0.4, 0.5) is 0 Å². The number of carbonyl (C=O) groups is 2. The van der Waals surface area contributed by atoms with E-state index in [1.165, 1.54) is 0 Å². The molecule has 0 unspecified atom stereocenters. The van der Waals surface area contributed by atoms with Crippen molar-refractivity contribution in [1.82, 2.24) is 15.1 Å². The fourth-order valence-corrected chi connectivity index (χ4v) is 4.59. The maximum atomic E-state index is 13.4. The summed E-state index contributed by atoms with van der Waals surface area (Å²) in [4.78, 5) is 29.2. The molecule has 1 aromatic carbocycles. The number of carbonyl (C=O) groups excluding carboxylic acids is 2. The lowest BCUT2D eigenvalue weighted by Crippen LogP contribution is -2.59. The Hall–Kier alpha value is -2.08. The number of fused-ring (bicyclic) bond motifs is 1. The van der Waals surface area contributed by atoms with Gasteiger partial charge in [-0.3, -0.25) is 14.5 Å². The van der Waals surface area contributed by atoms with Crippen LogP contribution in [-0.2, 0) is 16.1 Å². The van der Waals surface area contributed by atoms with Crippen molar-refractivity contribution in [3.63, 3.8) is 0 Å². The summed E-state index contributed by atoms with van der Waals surface area (Å²) >= 11 is 0. The monoisotopic (exact) mass is 401 g/mol. The molecule has 1 aromatic rings. The normalized spacial score (nSPS) is 24.9. The summed E-state index contributed by atoms with van der Waals surface area (Å²) in [6.45, 7) is 12.1. The average molecular weight is 402 g/mol. The predicted molar refractivity (Wildman–Crippen MR) is 114 cm³/mol. The minimum atomic E-state index is -0.130. The predicted octanol–water partition coefficient (Wildman–Crippen LogP) is 2.81. The minimum absolute atomic E-state index is 0.0300. The third kappa shape index (κ3) is 5.30. The molecule has 6 nitrogen and oxygen atoms in total. The molecule has 0 radical (unpaired) electrons. The number of ether oxygens (including phenoxy) is 1. The largest absolute Gasteiger partial charge is 0.491 e. The number of benzene rings is 1. The molecule has 2 heterocycles. The van der Waals surface area contributed by atoms with Gasteiger partial charge >= 0.3 is 0 Å². The van der Waals surface area contributed by atoms with Crippen LogP contribution >= 0.6 is 0 Å². The second-order valence-electron chi connectivity index (χ2n) is 9.13. The highest BCUT2D eigenvalue weighted by Crippen LogP contribution is 2.31. The van der Waals surface area contributed by atoms with Crippen LogP contribution in [0.15, 0.2) is 24.3 Å². The number of hydrogen-bond donors (Lipinski definition) is 1. The van der Waals surface area contributed by atoms with E-state index in [0.29, 0.717) is 19.0 Å². The van der Waals surface area contributed by atoms with Crippen LogP contribution in [-0.4, -0.2) is 58.9 Å². The molecule has 1 N–H and O–H groups in total. The number of para-hydroxylation sites is 1. The molecule has 0 aliphatic carbocycles. The van der Waals surface area contributed by atoms with E-state index in [0.717, 1.165) is 30.7 Å². The first-order chi connectivity index (χ1) is 13.7. The van der Waals surface area contributed by atoms with Gasteiger partial charge in [-0.2, -0.15) is 0 Å². The van der Waals surface area contributed by atoms with E-state index in [1.807, 2.05) is 36.9 Å². The van der Waals surface area contributed by atoms with E-state index in [2.05, 4.69) is 30.1 Å². The highest BCUT2D eigenvalue weighted by Gasteiger charge is 2.45. The zero-order valence-corrected chi connectivity index (χ0v) is 18.4. The van der Waals surface area contributed by atoms with E-state index in [4.69, 9.17) is 4.74 Å². The quantitative estimate of drug-likeness (QED) is 0.763. The van der Waals surface area contributed by atoms with Gasteiger partial charge < -0.3 is 15.0 Å². The Bertz CT molecular complexity index is 734. The molecule has 2 aliphatic rings. The zero-order chi connectivity index (χ0) is 21.1. The van der Waals surface area contributed by atoms with Crippen LogP contribution < -0.4 is 10.1 Å². The Morgan fingerprint density at radius 1 is 1.21 bits per heavy atom. The Morgan fingerprint density at radius 2 is 1.93 bits per heavy atom. The SMILES string of the molecule is CC(=O)N[C@H]1C[C@H]2CN(Cc3ccccc3OC(C)C)[C@@H](CC(C)C)C(=O)N2C1. The van der Waals surface area contributed by atoms with Gasteiger partial charge in [0.25, 0.3) is 0 Å². The van der Waals surface area contributed by atoms with Gasteiger partial charge in [0.2, 0.25) is 11.8 Å². The van der Waals surface area contributed by atoms with E-state index in [9.17, 15) is 9.59 Å². The molecule has 2 aliphatic heterocycles. The van der Waals surface area contributed by atoms with Crippen molar-refractivity contribution in [3.05, 3.63) is 29.8 Å². The van der Waals surface area contributed by atoms with Gasteiger partial charge in [0, 0.05) is 44.2 Å². The zero-order valence-electron chi connectivity index (χ0n) is 18.4. The third-order valence-corrected chi connectivity index (χ3v) is 5.68. The topological polar surface area (TPSA) is 61.9 Å². The van der Waals surface area contributed by atoms with E-state index >= 15 is 0 Å². The molecule has 2 saturated heterocycles. The van der Waals surface area contributed by atoms with Crippen molar-refractivity contribution in [2.45, 2.75) is 78.2 Å². The minimum Gasteiger partial charge on any atom is -0.491 e. The van der Waals surface area contributed by atoms with Crippen molar-refractivity contribution < 1.29 is 14.3 Å². The first kappa shape index (κ1) is 21.6. The number of rotatable bonds is 7. The lowest BCUT2D eigenvalue weighted by Gasteiger charge is -2.43. The second kappa shape index (κ2) is 9.16. The molecule has 3 rings (SSSR count). The van der Waals surface area contributed by atoms with E-state index in [-0.39, 0.29) is 36.0 Å². The fourth-order valence-electron chi connectivity index (χ4n) is 4.59. The summed E-state index contributed by atoms with van der Waals surface area (Å²) in [6.07, 6.45) is 1.76. The van der Waals surface area contributed by atoms with Gasteiger partial charge in [-0.25, -0.2) is 0 Å². The first-order valence-corrected chi connectivity index (χ1v) is 10.8. The van der Waals surface area contributed by atoms with Crippen molar-refractivity contribution in [3.8, 4) is 5.75 Å². The first-order valence-electron chi connectivity index (χ1n) is 10.8. The molecular formula is C23H35N3O3. The molecule has 6 heteroatoms. The molecule has 2 amide bonds. The summed E-state index contributed by atoms with van der Waals surface area (Å²) < 4.78 is 6.01. The molecule has 2 fully saturated rings. The summed E-state index contributed by atoms with van der Waals surface area (Å²) in [6, 6.07) is 8.20. The summed E-state index contributed by atoms with van der Waals surface area (Å²) in [5.74, 6) is 1.49. The van der Waals surface area contributed by atoms with Crippen molar-refractivity contribution in [1.29, 1.82) is 0 Å². The van der Waals surface area contributed by atoms with Crippen LogP contribution in [0.25, 0.3) is 0 Å². The molecule has 0 spiro atoms. The maximum absolute atomic E-state index is 13.4. The maximum Gasteiger partial charge on any atom is 0.240 e. The second-order valence-corrected chi connectivity index (χ2v) is 9.13. The summed E-state index contributed by atoms with van der Waals surface area (Å²) in [5, 5.41) is 3.00. The van der Waals surface area contributed by atoms with Crippen LogP contribution in [0, 0.1) is 5.92 Å². The highest BCUT2D eigenvalue weighted by atomic mass is 16.5. The fraction of sp³-hybridized carbons (Fsp3) is 0.652. The lowest BCUT2D eigenvalue weighted by atomic mass is 9.96. The molecule has 3 atom stereocenters. The van der Waals surface area contributed by atoms with E-state index < -0.39 is 0 Å². The lowest BCUT2D eigenvalue weighted by molar-refractivity contribution is -0.145.